The van der Waals surface area contributed by atoms with Gasteiger partial charge in [0.25, 0.3) is 5.92 Å². The largest absolute Gasteiger partial charge is 0.438 e. The molecule has 0 saturated heterocycles. The summed E-state index contributed by atoms with van der Waals surface area (Å²) < 4.78 is 32.5. The van der Waals surface area contributed by atoms with E-state index in [0.717, 1.165) is 13.5 Å². The Morgan fingerprint density at radius 2 is 2.12 bits per heavy atom. The Hall–Kier alpha value is -2.21. The number of ether oxygens (including phenoxy) is 1. The Labute approximate surface area is 151 Å². The van der Waals surface area contributed by atoms with Crippen LogP contribution in [0.4, 0.5) is 14.5 Å². The third kappa shape index (κ3) is 4.89. The summed E-state index contributed by atoms with van der Waals surface area (Å²) in [6.07, 6.45) is 3.22. The van der Waals surface area contributed by atoms with E-state index in [4.69, 9.17) is 16.3 Å². The molecule has 0 N–H and O–H groups in total. The van der Waals surface area contributed by atoms with Gasteiger partial charge >= 0.3 is 0 Å². The van der Waals surface area contributed by atoms with Crippen molar-refractivity contribution in [2.45, 2.75) is 26.7 Å². The highest BCUT2D eigenvalue weighted by atomic mass is 35.5. The van der Waals surface area contributed by atoms with Crippen LogP contribution in [0, 0.1) is 6.92 Å². The fourth-order valence-corrected chi connectivity index (χ4v) is 2.12. The van der Waals surface area contributed by atoms with Crippen molar-refractivity contribution in [3.63, 3.8) is 0 Å². The zero-order valence-corrected chi connectivity index (χ0v) is 15.3. The predicted octanol–water partition coefficient (Wildman–Crippen LogP) is 5.56. The third-order valence-electron chi connectivity index (χ3n) is 3.65. The summed E-state index contributed by atoms with van der Waals surface area (Å²) in [6.45, 7) is 5.46. The molecule has 2 rings (SSSR count). The molecular weight excluding hydrogens is 348 g/mol. The van der Waals surface area contributed by atoms with Crippen molar-refractivity contribution in [3.05, 3.63) is 46.6 Å². The van der Waals surface area contributed by atoms with Crippen molar-refractivity contribution in [2.75, 3.05) is 13.6 Å². The summed E-state index contributed by atoms with van der Waals surface area (Å²) in [7, 11) is 1.90. The average molecular weight is 368 g/mol. The van der Waals surface area contributed by atoms with Crippen molar-refractivity contribution in [3.8, 4) is 11.6 Å². The first-order chi connectivity index (χ1) is 11.7. The lowest BCUT2D eigenvalue weighted by atomic mass is 10.1. The molecule has 4 nitrogen and oxygen atoms in total. The molecule has 0 aliphatic heterocycles. The number of rotatable bonds is 6. The lowest BCUT2D eigenvalue weighted by molar-refractivity contribution is 0.0173. The fraction of sp³-hybridized carbons (Fsp3) is 0.333. The highest BCUT2D eigenvalue weighted by Crippen LogP contribution is 2.36. The van der Waals surface area contributed by atoms with Crippen LogP contribution in [-0.4, -0.2) is 29.8 Å². The summed E-state index contributed by atoms with van der Waals surface area (Å²) in [5.74, 6) is -2.55. The number of hydrogen-bond acceptors (Lipinski definition) is 3. The number of pyridine rings is 1. The number of hydrogen-bond donors (Lipinski definition) is 0. The first-order valence-corrected chi connectivity index (χ1v) is 8.16. The summed E-state index contributed by atoms with van der Waals surface area (Å²) in [5.41, 5.74) is 1.18. The second kappa shape index (κ2) is 7.78. The Balaban J connectivity index is 2.27. The Kier molecular flexibility index (Phi) is 5.95. The number of benzene rings is 1. The molecular formula is C18H20ClF2N3O. The first-order valence-electron chi connectivity index (χ1n) is 7.78. The van der Waals surface area contributed by atoms with E-state index in [1.165, 1.54) is 24.4 Å². The number of alkyl halides is 2. The minimum Gasteiger partial charge on any atom is -0.438 e. The number of aliphatic imine (C=N–C) groups is 1. The zero-order valence-electron chi connectivity index (χ0n) is 14.6. The van der Waals surface area contributed by atoms with Crippen LogP contribution in [0.5, 0.6) is 11.6 Å². The van der Waals surface area contributed by atoms with Crippen LogP contribution in [-0.2, 0) is 5.92 Å². The Morgan fingerprint density at radius 3 is 2.76 bits per heavy atom. The molecule has 0 atom stereocenters. The monoisotopic (exact) mass is 367 g/mol. The molecule has 0 saturated carbocycles. The molecule has 7 heteroatoms. The zero-order chi connectivity index (χ0) is 18.6. The van der Waals surface area contributed by atoms with Gasteiger partial charge in [0, 0.05) is 31.6 Å². The molecule has 1 heterocycles. The number of nitrogens with zero attached hydrogens (tertiary/aromatic N) is 3. The summed E-state index contributed by atoms with van der Waals surface area (Å²) >= 11 is 6.30. The van der Waals surface area contributed by atoms with Gasteiger partial charge in [-0.15, -0.1) is 0 Å². The molecule has 1 aromatic carbocycles. The van der Waals surface area contributed by atoms with Crippen LogP contribution in [0.3, 0.4) is 0 Å². The molecule has 0 spiro atoms. The van der Waals surface area contributed by atoms with Crippen LogP contribution in [0.15, 0.2) is 35.5 Å². The van der Waals surface area contributed by atoms with E-state index in [2.05, 4.69) is 9.98 Å². The summed E-state index contributed by atoms with van der Waals surface area (Å²) in [5, 5.41) is 0.294. The van der Waals surface area contributed by atoms with Crippen molar-refractivity contribution in [1.82, 2.24) is 9.88 Å². The van der Waals surface area contributed by atoms with Gasteiger partial charge < -0.3 is 9.64 Å². The maximum Gasteiger partial charge on any atom is 0.270 e. The van der Waals surface area contributed by atoms with Crippen LogP contribution in [0.25, 0.3) is 0 Å². The quantitative estimate of drug-likeness (QED) is 0.495. The normalized spacial score (nSPS) is 11.8. The fourth-order valence-electron chi connectivity index (χ4n) is 1.93. The van der Waals surface area contributed by atoms with Gasteiger partial charge in [-0.3, -0.25) is 0 Å². The maximum atomic E-state index is 13.4. The van der Waals surface area contributed by atoms with Crippen molar-refractivity contribution < 1.29 is 13.5 Å². The van der Waals surface area contributed by atoms with Crippen LogP contribution in [0.2, 0.25) is 5.02 Å². The van der Waals surface area contributed by atoms with E-state index < -0.39 is 5.92 Å². The number of aromatic nitrogens is 1. The molecule has 0 aliphatic carbocycles. The predicted molar refractivity (Wildman–Crippen MR) is 96.5 cm³/mol. The molecule has 0 bridgehead atoms. The Bertz CT molecular complexity index is 775. The molecule has 1 aromatic heterocycles. The molecule has 0 radical (unpaired) electrons. The van der Waals surface area contributed by atoms with Gasteiger partial charge in [0.2, 0.25) is 5.88 Å². The van der Waals surface area contributed by atoms with E-state index >= 15 is 0 Å². The lowest BCUT2D eigenvalue weighted by Crippen LogP contribution is -2.14. The molecule has 0 unspecified atom stereocenters. The van der Waals surface area contributed by atoms with E-state index in [1.54, 1.807) is 19.3 Å². The average Bonchev–Trinajstić information content (AvgIpc) is 2.57. The topological polar surface area (TPSA) is 37.7 Å². The molecule has 0 amide bonds. The highest BCUT2D eigenvalue weighted by Gasteiger charge is 2.24. The number of halogens is 3. The molecule has 25 heavy (non-hydrogen) atoms. The SMILES string of the molecule is CCN(C)C=Nc1cnc(Oc2cccc(C(C)(F)F)c2)c(Cl)c1C. The highest BCUT2D eigenvalue weighted by molar-refractivity contribution is 6.33. The third-order valence-corrected chi connectivity index (χ3v) is 4.10. The van der Waals surface area contributed by atoms with Crippen LogP contribution in [0.1, 0.15) is 25.0 Å². The van der Waals surface area contributed by atoms with Gasteiger partial charge in [-0.05, 0) is 26.0 Å². The molecule has 2 aromatic rings. The molecule has 0 aliphatic rings. The van der Waals surface area contributed by atoms with Crippen molar-refractivity contribution in [2.24, 2.45) is 4.99 Å². The van der Waals surface area contributed by atoms with Crippen LogP contribution < -0.4 is 4.74 Å². The molecule has 0 fully saturated rings. The second-order valence-corrected chi connectivity index (χ2v) is 6.10. The van der Waals surface area contributed by atoms with Gasteiger partial charge in [-0.1, -0.05) is 23.7 Å². The maximum absolute atomic E-state index is 13.4. The lowest BCUT2D eigenvalue weighted by Gasteiger charge is -2.14. The van der Waals surface area contributed by atoms with Crippen LogP contribution >= 0.6 is 11.6 Å². The molecule has 134 valence electrons. The smallest absolute Gasteiger partial charge is 0.270 e. The first kappa shape index (κ1) is 19.1. The van der Waals surface area contributed by atoms with E-state index in [-0.39, 0.29) is 17.2 Å². The van der Waals surface area contributed by atoms with E-state index in [0.29, 0.717) is 16.3 Å². The minimum atomic E-state index is -2.95. The van der Waals surface area contributed by atoms with Crippen molar-refractivity contribution in [1.29, 1.82) is 0 Å². The van der Waals surface area contributed by atoms with Gasteiger partial charge in [0.15, 0.2) is 0 Å². The Morgan fingerprint density at radius 1 is 1.40 bits per heavy atom. The van der Waals surface area contributed by atoms with Gasteiger partial charge in [0.05, 0.1) is 18.2 Å². The second-order valence-electron chi connectivity index (χ2n) is 5.72. The van der Waals surface area contributed by atoms with E-state index in [9.17, 15) is 8.78 Å². The van der Waals surface area contributed by atoms with Crippen molar-refractivity contribution >= 4 is 23.6 Å². The van der Waals surface area contributed by atoms with Gasteiger partial charge in [0.1, 0.15) is 10.8 Å². The minimum absolute atomic E-state index is 0.137. The van der Waals surface area contributed by atoms with Gasteiger partial charge in [-0.2, -0.15) is 0 Å². The summed E-state index contributed by atoms with van der Waals surface area (Å²) in [4.78, 5) is 10.4. The van der Waals surface area contributed by atoms with E-state index in [1.807, 2.05) is 18.9 Å². The van der Waals surface area contributed by atoms with Gasteiger partial charge in [-0.25, -0.2) is 18.8 Å². The summed E-state index contributed by atoms with van der Waals surface area (Å²) in [6, 6.07) is 5.69. The standard InChI is InChI=1S/C18H20ClF2N3O/c1-5-24(4)11-23-15-10-22-17(16(19)12(15)2)25-14-8-6-7-13(9-14)18(3,20)21/h6-11H,5H2,1-4H3.